The van der Waals surface area contributed by atoms with Gasteiger partial charge in [-0.25, -0.2) is 4.57 Å². The molecule has 1 atom stereocenters. The molecule has 0 bridgehead atoms. The summed E-state index contributed by atoms with van der Waals surface area (Å²) in [5, 5.41) is 0. The minimum absolute atomic E-state index is 0.0807. The maximum absolute atomic E-state index is 12.4. The molecule has 0 rings (SSSR count). The molecule has 0 aromatic rings. The van der Waals surface area contributed by atoms with Crippen molar-refractivity contribution in [3.63, 3.8) is 0 Å². The first kappa shape index (κ1) is 55.0. The highest BCUT2D eigenvalue weighted by molar-refractivity contribution is 7.46. The van der Waals surface area contributed by atoms with E-state index in [-0.39, 0.29) is 19.4 Å². The van der Waals surface area contributed by atoms with E-state index in [1.54, 1.807) is 0 Å². The topological polar surface area (TPSA) is 119 Å². The van der Waals surface area contributed by atoms with Crippen LogP contribution in [-0.4, -0.2) is 41.0 Å². The second-order valence-corrected chi connectivity index (χ2v) is 15.9. The molecule has 0 spiro atoms. The van der Waals surface area contributed by atoms with E-state index in [0.717, 1.165) is 70.6 Å². The van der Waals surface area contributed by atoms with Gasteiger partial charge in [0.05, 0.1) is 6.61 Å². The van der Waals surface area contributed by atoms with Crippen molar-refractivity contribution in [2.75, 3.05) is 13.2 Å². The van der Waals surface area contributed by atoms with Gasteiger partial charge in [-0.15, -0.1) is 0 Å². The summed E-state index contributed by atoms with van der Waals surface area (Å²) >= 11 is 0. The number of unbranched alkanes of at least 4 members (excludes halogenated alkanes) is 14. The zero-order valence-electron chi connectivity index (χ0n) is 36.4. The Bertz CT molecular complexity index is 1250. The number of hydrogen-bond donors (Lipinski definition) is 2. The molecule has 0 aliphatic heterocycles. The molecule has 0 amide bonds. The Balaban J connectivity index is 4.02. The smallest absolute Gasteiger partial charge is 0.462 e. The maximum Gasteiger partial charge on any atom is 0.469 e. The van der Waals surface area contributed by atoms with Gasteiger partial charge >= 0.3 is 19.8 Å². The van der Waals surface area contributed by atoms with E-state index in [1.165, 1.54) is 70.6 Å². The number of phosphoric acid groups is 1. The van der Waals surface area contributed by atoms with Crippen molar-refractivity contribution in [1.82, 2.24) is 0 Å². The van der Waals surface area contributed by atoms with E-state index in [9.17, 15) is 14.2 Å². The van der Waals surface area contributed by atoms with Crippen molar-refractivity contribution >= 4 is 19.8 Å². The van der Waals surface area contributed by atoms with E-state index in [4.69, 9.17) is 19.3 Å². The van der Waals surface area contributed by atoms with Gasteiger partial charge in [0, 0.05) is 12.8 Å². The van der Waals surface area contributed by atoms with Crippen molar-refractivity contribution in [2.45, 2.75) is 187 Å². The fourth-order valence-corrected chi connectivity index (χ4v) is 6.14. The normalized spacial score (nSPS) is 13.4. The molecule has 0 aliphatic carbocycles. The molecule has 0 fully saturated rings. The lowest BCUT2D eigenvalue weighted by Gasteiger charge is -2.18. The number of ether oxygens (including phenoxy) is 2. The average molecular weight is 829 g/mol. The molecule has 9 heteroatoms. The zero-order chi connectivity index (χ0) is 42.5. The first-order chi connectivity index (χ1) is 28.3. The van der Waals surface area contributed by atoms with Crippen molar-refractivity contribution in [2.24, 2.45) is 0 Å². The summed E-state index contributed by atoms with van der Waals surface area (Å²) in [5.41, 5.74) is 0. The maximum atomic E-state index is 12.4. The summed E-state index contributed by atoms with van der Waals surface area (Å²) in [6.07, 6.45) is 60.0. The Hall–Kier alpha value is -3.03. The zero-order valence-corrected chi connectivity index (χ0v) is 37.3. The van der Waals surface area contributed by atoms with Crippen LogP contribution in [0.15, 0.2) is 97.2 Å². The van der Waals surface area contributed by atoms with Crippen LogP contribution in [0.4, 0.5) is 0 Å². The lowest BCUT2D eigenvalue weighted by Crippen LogP contribution is -2.29. The van der Waals surface area contributed by atoms with Crippen LogP contribution in [0.1, 0.15) is 181 Å². The van der Waals surface area contributed by atoms with Gasteiger partial charge in [-0.1, -0.05) is 182 Å². The standard InChI is InChI=1S/C49H81O8P/c1-3-5-7-9-11-13-15-17-19-21-23-24-26-27-29-31-33-35-37-39-41-43-48(50)55-45-47(46-56-58(52,53)54)57-49(51)44-42-40-38-36-34-32-30-28-25-22-20-18-16-14-12-10-8-6-4-2/h6,8,12,14-15,17-18,20-21,23,25,28,32,34,38,40,47H,3-5,7,9-11,13,16,19,22,24,26-27,29-31,33,35-37,39,41-46H2,1-2H3,(H2,52,53,54)/b8-6-,14-12-,17-15-,20-18-,23-21-,28-25-,34-32-,40-38-. The highest BCUT2D eigenvalue weighted by Gasteiger charge is 2.22. The van der Waals surface area contributed by atoms with Gasteiger partial charge < -0.3 is 19.3 Å². The lowest BCUT2D eigenvalue weighted by molar-refractivity contribution is -0.161. The molecular formula is C49H81O8P. The van der Waals surface area contributed by atoms with Crippen LogP contribution in [0.5, 0.6) is 0 Å². The van der Waals surface area contributed by atoms with Gasteiger partial charge in [0.2, 0.25) is 0 Å². The van der Waals surface area contributed by atoms with E-state index >= 15 is 0 Å². The largest absolute Gasteiger partial charge is 0.469 e. The number of rotatable bonds is 40. The van der Waals surface area contributed by atoms with Crippen LogP contribution in [0, 0.1) is 0 Å². The molecule has 0 heterocycles. The first-order valence-electron chi connectivity index (χ1n) is 22.5. The lowest BCUT2D eigenvalue weighted by atomic mass is 10.1. The van der Waals surface area contributed by atoms with E-state index in [1.807, 2.05) is 12.2 Å². The van der Waals surface area contributed by atoms with E-state index < -0.39 is 32.5 Å². The van der Waals surface area contributed by atoms with Crippen molar-refractivity contribution in [3.8, 4) is 0 Å². The molecule has 0 aliphatic rings. The number of phosphoric ester groups is 1. The quantitative estimate of drug-likeness (QED) is 0.0271. The molecule has 2 N–H and O–H groups in total. The third-order valence-corrected chi connectivity index (χ3v) is 9.59. The molecule has 0 saturated carbocycles. The molecule has 330 valence electrons. The third kappa shape index (κ3) is 45.7. The van der Waals surface area contributed by atoms with Gasteiger partial charge in [-0.05, 0) is 83.5 Å². The fraction of sp³-hybridized carbons (Fsp3) is 0.633. The average Bonchev–Trinajstić information content (AvgIpc) is 3.20. The van der Waals surface area contributed by atoms with Crippen LogP contribution in [0.25, 0.3) is 0 Å². The van der Waals surface area contributed by atoms with Crippen LogP contribution < -0.4 is 0 Å². The summed E-state index contributed by atoms with van der Waals surface area (Å²) in [7, 11) is -4.78. The van der Waals surface area contributed by atoms with Gasteiger partial charge in [0.1, 0.15) is 6.61 Å². The number of hydrogen-bond acceptors (Lipinski definition) is 6. The molecule has 1 unspecified atom stereocenters. The van der Waals surface area contributed by atoms with Crippen LogP contribution >= 0.6 is 7.82 Å². The Kier molecular flexibility index (Phi) is 41.3. The summed E-state index contributed by atoms with van der Waals surface area (Å²) in [6.45, 7) is 3.49. The molecular weight excluding hydrogens is 748 g/mol. The summed E-state index contributed by atoms with van der Waals surface area (Å²) in [6, 6.07) is 0. The minimum Gasteiger partial charge on any atom is -0.462 e. The second kappa shape index (κ2) is 43.5. The highest BCUT2D eigenvalue weighted by atomic mass is 31.2. The summed E-state index contributed by atoms with van der Waals surface area (Å²) in [4.78, 5) is 42.9. The molecule has 0 saturated heterocycles. The number of allylic oxidation sites excluding steroid dienone is 16. The molecule has 0 aromatic heterocycles. The third-order valence-electron chi connectivity index (χ3n) is 9.10. The fourth-order valence-electron chi connectivity index (χ4n) is 5.78. The Morgan fingerprint density at radius 2 is 0.862 bits per heavy atom. The van der Waals surface area contributed by atoms with Crippen LogP contribution in [0.3, 0.4) is 0 Å². The first-order valence-corrected chi connectivity index (χ1v) is 24.1. The van der Waals surface area contributed by atoms with Gasteiger partial charge in [-0.3, -0.25) is 14.1 Å². The Morgan fingerprint density at radius 3 is 1.31 bits per heavy atom. The molecule has 58 heavy (non-hydrogen) atoms. The number of esters is 2. The van der Waals surface area contributed by atoms with Crippen molar-refractivity contribution in [3.05, 3.63) is 97.2 Å². The highest BCUT2D eigenvalue weighted by Crippen LogP contribution is 2.36. The summed E-state index contributed by atoms with van der Waals surface area (Å²) < 4.78 is 26.4. The Morgan fingerprint density at radius 1 is 0.466 bits per heavy atom. The monoisotopic (exact) mass is 829 g/mol. The minimum atomic E-state index is -4.78. The SMILES string of the molecule is CC/C=C\C/C=C\C/C=C\C/C=C\C/C=C\C/C=C\CCC(=O)OC(COC(=O)CCCCCCCCCCC/C=C\C/C=C\CCCCCCC)COP(=O)(O)O. The summed E-state index contributed by atoms with van der Waals surface area (Å²) in [5.74, 6) is -0.994. The van der Waals surface area contributed by atoms with Crippen molar-refractivity contribution < 1.29 is 37.9 Å². The van der Waals surface area contributed by atoms with Crippen molar-refractivity contribution in [1.29, 1.82) is 0 Å². The second-order valence-electron chi connectivity index (χ2n) is 14.6. The molecule has 0 radical (unpaired) electrons. The van der Waals surface area contributed by atoms with Gasteiger partial charge in [0.25, 0.3) is 0 Å². The van der Waals surface area contributed by atoms with Gasteiger partial charge in [-0.2, -0.15) is 0 Å². The predicted octanol–water partition coefficient (Wildman–Crippen LogP) is 14.2. The number of carbonyl (C=O) groups excluding carboxylic acids is 2. The van der Waals surface area contributed by atoms with Crippen LogP contribution in [-0.2, 0) is 28.2 Å². The van der Waals surface area contributed by atoms with E-state index in [2.05, 4.69) is 103 Å². The Labute approximate surface area is 354 Å². The molecule has 0 aromatic carbocycles. The van der Waals surface area contributed by atoms with Crippen LogP contribution in [0.2, 0.25) is 0 Å². The number of carbonyl (C=O) groups is 2. The van der Waals surface area contributed by atoms with Gasteiger partial charge in [0.15, 0.2) is 6.10 Å². The molecule has 8 nitrogen and oxygen atoms in total. The predicted molar refractivity (Wildman–Crippen MR) is 243 cm³/mol. The van der Waals surface area contributed by atoms with E-state index in [0.29, 0.717) is 12.8 Å².